The number of hydrogen-bond donors (Lipinski definition) is 2. The number of pyridine rings is 1. The van der Waals surface area contributed by atoms with E-state index in [1.54, 1.807) is 27.3 Å². The van der Waals surface area contributed by atoms with Gasteiger partial charge in [-0.05, 0) is 29.8 Å². The van der Waals surface area contributed by atoms with E-state index in [-0.39, 0.29) is 12.5 Å². The fourth-order valence-electron chi connectivity index (χ4n) is 2.10. The first-order valence-electron chi connectivity index (χ1n) is 8.35. The summed E-state index contributed by atoms with van der Waals surface area (Å²) in [4.78, 5) is 21.6. The normalized spacial score (nSPS) is 11.0. The minimum absolute atomic E-state index is 0.0250. The Balaban J connectivity index is 1.83. The molecule has 26 heavy (non-hydrogen) atoms. The maximum absolute atomic E-state index is 11.6. The second-order valence-corrected chi connectivity index (χ2v) is 5.82. The lowest BCUT2D eigenvalue weighted by atomic mass is 10.2. The van der Waals surface area contributed by atoms with Crippen LogP contribution >= 0.6 is 0 Å². The van der Waals surface area contributed by atoms with Crippen LogP contribution < -0.4 is 15.4 Å². The highest BCUT2D eigenvalue weighted by Gasteiger charge is 2.06. The van der Waals surface area contributed by atoms with Gasteiger partial charge < -0.3 is 20.3 Å². The third kappa shape index (κ3) is 6.43. The van der Waals surface area contributed by atoms with Crippen molar-refractivity contribution < 1.29 is 9.53 Å². The van der Waals surface area contributed by atoms with Gasteiger partial charge in [-0.1, -0.05) is 18.2 Å². The number of aromatic nitrogens is 1. The van der Waals surface area contributed by atoms with Crippen molar-refractivity contribution in [3.8, 4) is 5.75 Å². The predicted octanol–water partition coefficient (Wildman–Crippen LogP) is 1.41. The molecule has 0 aliphatic carbocycles. The molecule has 1 aromatic heterocycles. The van der Waals surface area contributed by atoms with E-state index in [1.165, 1.54) is 4.90 Å². The second-order valence-electron chi connectivity index (χ2n) is 5.82. The first-order valence-corrected chi connectivity index (χ1v) is 8.35. The van der Waals surface area contributed by atoms with E-state index in [0.717, 1.165) is 11.3 Å². The first-order chi connectivity index (χ1) is 12.6. The Morgan fingerprint density at radius 3 is 2.65 bits per heavy atom. The standard InChI is InChI=1S/C19H25N5O2/c1-20-19(23-13-16-8-4-5-10-21-16)22-12-15-7-6-9-17(11-15)26-14-18(25)24(2)3/h4-11H,12-14H2,1-3H3,(H2,20,22,23). The summed E-state index contributed by atoms with van der Waals surface area (Å²) in [6.45, 7) is 1.20. The molecule has 0 spiro atoms. The van der Waals surface area contributed by atoms with Crippen LogP contribution in [-0.2, 0) is 17.9 Å². The zero-order valence-electron chi connectivity index (χ0n) is 15.4. The molecule has 1 aromatic carbocycles. The topological polar surface area (TPSA) is 78.9 Å². The van der Waals surface area contributed by atoms with Crippen molar-refractivity contribution >= 4 is 11.9 Å². The number of carbonyl (C=O) groups excluding carboxylic acids is 1. The third-order valence-corrected chi connectivity index (χ3v) is 3.61. The average Bonchev–Trinajstić information content (AvgIpc) is 2.67. The van der Waals surface area contributed by atoms with E-state index in [0.29, 0.717) is 24.8 Å². The highest BCUT2D eigenvalue weighted by Crippen LogP contribution is 2.13. The van der Waals surface area contributed by atoms with E-state index >= 15 is 0 Å². The number of hydrogen-bond acceptors (Lipinski definition) is 4. The third-order valence-electron chi connectivity index (χ3n) is 3.61. The Kier molecular flexibility index (Phi) is 7.42. The summed E-state index contributed by atoms with van der Waals surface area (Å²) in [5.41, 5.74) is 1.97. The molecule has 0 bridgehead atoms. The predicted molar refractivity (Wildman–Crippen MR) is 102 cm³/mol. The van der Waals surface area contributed by atoms with Crippen LogP contribution in [0.4, 0.5) is 0 Å². The van der Waals surface area contributed by atoms with Crippen molar-refractivity contribution in [3.05, 3.63) is 59.9 Å². The van der Waals surface area contributed by atoms with Crippen LogP contribution in [-0.4, -0.2) is 49.5 Å². The van der Waals surface area contributed by atoms with Crippen LogP contribution in [0.15, 0.2) is 53.7 Å². The molecule has 7 nitrogen and oxygen atoms in total. The van der Waals surface area contributed by atoms with Crippen molar-refractivity contribution in [2.45, 2.75) is 13.1 Å². The Labute approximate surface area is 154 Å². The summed E-state index contributed by atoms with van der Waals surface area (Å²) < 4.78 is 5.54. The van der Waals surface area contributed by atoms with Crippen LogP contribution in [0.5, 0.6) is 5.75 Å². The van der Waals surface area contributed by atoms with Gasteiger partial charge >= 0.3 is 0 Å². The molecule has 0 saturated heterocycles. The molecule has 138 valence electrons. The molecule has 0 aliphatic rings. The lowest BCUT2D eigenvalue weighted by Gasteiger charge is -2.13. The van der Waals surface area contributed by atoms with Gasteiger partial charge in [0.05, 0.1) is 12.2 Å². The van der Waals surface area contributed by atoms with Gasteiger partial charge in [0.2, 0.25) is 0 Å². The number of amides is 1. The Bertz CT molecular complexity index is 732. The van der Waals surface area contributed by atoms with E-state index in [1.807, 2.05) is 42.5 Å². The molecule has 0 atom stereocenters. The van der Waals surface area contributed by atoms with Crippen molar-refractivity contribution in [2.75, 3.05) is 27.7 Å². The van der Waals surface area contributed by atoms with Gasteiger partial charge in [0.15, 0.2) is 12.6 Å². The molecule has 0 fully saturated rings. The van der Waals surface area contributed by atoms with Crippen molar-refractivity contribution in [1.29, 1.82) is 0 Å². The number of likely N-dealkylation sites (N-methyl/N-ethyl adjacent to an activating group) is 1. The van der Waals surface area contributed by atoms with Gasteiger partial charge in [-0.3, -0.25) is 14.8 Å². The van der Waals surface area contributed by atoms with Crippen molar-refractivity contribution in [2.24, 2.45) is 4.99 Å². The molecule has 2 rings (SSSR count). The molecule has 1 heterocycles. The summed E-state index contributed by atoms with van der Waals surface area (Å²) in [6, 6.07) is 13.4. The minimum atomic E-state index is -0.0762. The van der Waals surface area contributed by atoms with Crippen LogP contribution in [0.3, 0.4) is 0 Å². The number of rotatable bonds is 7. The van der Waals surface area contributed by atoms with Gasteiger partial charge in [0.1, 0.15) is 5.75 Å². The zero-order chi connectivity index (χ0) is 18.8. The first kappa shape index (κ1) is 19.2. The highest BCUT2D eigenvalue weighted by atomic mass is 16.5. The summed E-state index contributed by atoms with van der Waals surface area (Å²) in [7, 11) is 5.13. The number of guanidine groups is 1. The molecule has 0 radical (unpaired) electrons. The van der Waals surface area contributed by atoms with Gasteiger partial charge in [0, 0.05) is 33.9 Å². The van der Waals surface area contributed by atoms with Crippen molar-refractivity contribution in [1.82, 2.24) is 20.5 Å². The lowest BCUT2D eigenvalue weighted by molar-refractivity contribution is -0.130. The molecule has 7 heteroatoms. The highest BCUT2D eigenvalue weighted by molar-refractivity contribution is 5.79. The van der Waals surface area contributed by atoms with E-state index in [4.69, 9.17) is 4.74 Å². The number of carbonyl (C=O) groups is 1. The monoisotopic (exact) mass is 355 g/mol. The lowest BCUT2D eigenvalue weighted by Crippen LogP contribution is -2.36. The largest absolute Gasteiger partial charge is 0.484 e. The Morgan fingerprint density at radius 2 is 1.96 bits per heavy atom. The number of nitrogens with zero attached hydrogens (tertiary/aromatic N) is 3. The maximum Gasteiger partial charge on any atom is 0.259 e. The summed E-state index contributed by atoms with van der Waals surface area (Å²) >= 11 is 0. The van der Waals surface area contributed by atoms with Crippen LogP contribution in [0.2, 0.25) is 0 Å². The van der Waals surface area contributed by atoms with Crippen LogP contribution in [0.25, 0.3) is 0 Å². The molecular formula is C19H25N5O2. The number of aliphatic imine (C=N–C) groups is 1. The van der Waals surface area contributed by atoms with Crippen LogP contribution in [0, 0.1) is 0 Å². The molecule has 0 unspecified atom stereocenters. The number of benzene rings is 1. The fourth-order valence-corrected chi connectivity index (χ4v) is 2.10. The van der Waals surface area contributed by atoms with Gasteiger partial charge in [-0.2, -0.15) is 0 Å². The molecule has 0 saturated carbocycles. The van der Waals surface area contributed by atoms with E-state index in [9.17, 15) is 4.79 Å². The van der Waals surface area contributed by atoms with E-state index < -0.39 is 0 Å². The van der Waals surface area contributed by atoms with Gasteiger partial charge in [-0.25, -0.2) is 0 Å². The quantitative estimate of drug-likeness (QED) is 0.580. The number of nitrogens with one attached hydrogen (secondary N) is 2. The molecule has 1 amide bonds. The second kappa shape index (κ2) is 10.0. The van der Waals surface area contributed by atoms with E-state index in [2.05, 4.69) is 20.6 Å². The smallest absolute Gasteiger partial charge is 0.259 e. The van der Waals surface area contributed by atoms with Crippen molar-refractivity contribution in [3.63, 3.8) is 0 Å². The summed E-state index contributed by atoms with van der Waals surface area (Å²) in [5.74, 6) is 1.27. The Morgan fingerprint density at radius 1 is 1.15 bits per heavy atom. The minimum Gasteiger partial charge on any atom is -0.484 e. The maximum atomic E-state index is 11.6. The van der Waals surface area contributed by atoms with Gasteiger partial charge in [0.25, 0.3) is 5.91 Å². The summed E-state index contributed by atoms with van der Waals surface area (Å²) in [5, 5.41) is 6.46. The summed E-state index contributed by atoms with van der Waals surface area (Å²) in [6.07, 6.45) is 1.76. The molecule has 2 aromatic rings. The molecular weight excluding hydrogens is 330 g/mol. The zero-order valence-corrected chi connectivity index (χ0v) is 15.4. The fraction of sp³-hybridized carbons (Fsp3) is 0.316. The van der Waals surface area contributed by atoms with Gasteiger partial charge in [-0.15, -0.1) is 0 Å². The molecule has 0 aliphatic heterocycles. The molecule has 2 N–H and O–H groups in total. The number of ether oxygens (including phenoxy) is 1. The van der Waals surface area contributed by atoms with Crippen LogP contribution in [0.1, 0.15) is 11.3 Å². The SMILES string of the molecule is CN=C(NCc1cccc(OCC(=O)N(C)C)c1)NCc1ccccn1. The average molecular weight is 355 g/mol. The Hall–Kier alpha value is -3.09.